The zero-order valence-electron chi connectivity index (χ0n) is 8.06. The second-order valence-electron chi connectivity index (χ2n) is 3.04. The number of rotatable bonds is 4. The Kier molecular flexibility index (Phi) is 3.29. The minimum absolute atomic E-state index is 0.599. The van der Waals surface area contributed by atoms with Gasteiger partial charge in [-0.25, -0.2) is 0 Å². The Morgan fingerprint density at radius 2 is 2.07 bits per heavy atom. The smallest absolute Gasteiger partial charge is 0.227 e. The fourth-order valence-electron chi connectivity index (χ4n) is 1.19. The van der Waals surface area contributed by atoms with E-state index in [9.17, 15) is 0 Å². The lowest BCUT2D eigenvalue weighted by molar-refractivity contribution is 0.378. The number of aryl methyl sites for hydroxylation is 1. The molecule has 0 atom stereocenters. The van der Waals surface area contributed by atoms with E-state index in [0.29, 0.717) is 17.6 Å². The van der Waals surface area contributed by atoms with Gasteiger partial charge in [-0.3, -0.25) is 4.98 Å². The van der Waals surface area contributed by atoms with Crippen molar-refractivity contribution in [2.75, 3.05) is 5.88 Å². The highest BCUT2D eigenvalue weighted by Crippen LogP contribution is 2.14. The third-order valence-corrected chi connectivity index (χ3v) is 2.20. The molecule has 78 valence electrons. The van der Waals surface area contributed by atoms with Crippen LogP contribution in [0.2, 0.25) is 0 Å². The largest absolute Gasteiger partial charge is 0.339 e. The van der Waals surface area contributed by atoms with E-state index >= 15 is 0 Å². The number of hydrogen-bond acceptors (Lipinski definition) is 4. The Morgan fingerprint density at radius 3 is 2.80 bits per heavy atom. The van der Waals surface area contributed by atoms with Gasteiger partial charge in [-0.05, 0) is 18.6 Å². The number of pyridine rings is 1. The molecule has 0 fully saturated rings. The normalized spacial score (nSPS) is 10.5. The molecule has 2 aromatic heterocycles. The predicted octanol–water partition coefficient (Wildman–Crippen LogP) is 2.30. The van der Waals surface area contributed by atoms with Crippen molar-refractivity contribution in [3.8, 4) is 11.4 Å². The molecule has 0 aromatic carbocycles. The van der Waals surface area contributed by atoms with Crippen molar-refractivity contribution in [1.82, 2.24) is 15.1 Å². The first-order chi connectivity index (χ1) is 7.40. The summed E-state index contributed by atoms with van der Waals surface area (Å²) < 4.78 is 5.08. The van der Waals surface area contributed by atoms with Crippen LogP contribution in [-0.2, 0) is 6.42 Å². The highest BCUT2D eigenvalue weighted by atomic mass is 35.5. The van der Waals surface area contributed by atoms with Crippen LogP contribution in [0.25, 0.3) is 11.4 Å². The molecule has 0 aliphatic carbocycles. The summed E-state index contributed by atoms with van der Waals surface area (Å²) in [4.78, 5) is 8.18. The maximum absolute atomic E-state index is 5.58. The maximum atomic E-state index is 5.58. The van der Waals surface area contributed by atoms with Crippen molar-refractivity contribution >= 4 is 11.6 Å². The summed E-state index contributed by atoms with van der Waals surface area (Å²) in [5, 5.41) is 3.88. The first kappa shape index (κ1) is 10.1. The fourth-order valence-corrected chi connectivity index (χ4v) is 1.33. The molecule has 5 heteroatoms. The van der Waals surface area contributed by atoms with Crippen LogP contribution in [0.15, 0.2) is 29.0 Å². The van der Waals surface area contributed by atoms with Gasteiger partial charge in [0.25, 0.3) is 0 Å². The lowest BCUT2D eigenvalue weighted by atomic mass is 10.2. The van der Waals surface area contributed by atoms with E-state index in [1.54, 1.807) is 12.4 Å². The van der Waals surface area contributed by atoms with Gasteiger partial charge >= 0.3 is 0 Å². The molecule has 0 aliphatic rings. The van der Waals surface area contributed by atoms with Gasteiger partial charge in [0, 0.05) is 30.3 Å². The van der Waals surface area contributed by atoms with Gasteiger partial charge in [0.2, 0.25) is 11.7 Å². The second kappa shape index (κ2) is 4.89. The number of aromatic nitrogens is 3. The molecule has 4 nitrogen and oxygen atoms in total. The predicted molar refractivity (Wildman–Crippen MR) is 56.6 cm³/mol. The molecule has 0 unspecified atom stereocenters. The van der Waals surface area contributed by atoms with Gasteiger partial charge in [-0.1, -0.05) is 5.16 Å². The number of nitrogens with zero attached hydrogens (tertiary/aromatic N) is 3. The Bertz CT molecular complexity index is 416. The summed E-state index contributed by atoms with van der Waals surface area (Å²) in [7, 11) is 0. The topological polar surface area (TPSA) is 51.8 Å². The third-order valence-electron chi connectivity index (χ3n) is 1.93. The third kappa shape index (κ3) is 2.53. The number of alkyl halides is 1. The maximum Gasteiger partial charge on any atom is 0.227 e. The Hall–Kier alpha value is -1.42. The summed E-state index contributed by atoms with van der Waals surface area (Å²) in [6.45, 7) is 0. The van der Waals surface area contributed by atoms with Gasteiger partial charge < -0.3 is 4.52 Å². The molecule has 2 rings (SSSR count). The minimum atomic E-state index is 0.599. The van der Waals surface area contributed by atoms with Crippen LogP contribution in [0.4, 0.5) is 0 Å². The zero-order chi connectivity index (χ0) is 10.5. The van der Waals surface area contributed by atoms with Crippen molar-refractivity contribution in [1.29, 1.82) is 0 Å². The molecule has 0 amide bonds. The number of halogens is 1. The highest BCUT2D eigenvalue weighted by Gasteiger charge is 2.07. The van der Waals surface area contributed by atoms with Crippen LogP contribution < -0.4 is 0 Å². The van der Waals surface area contributed by atoms with Crippen LogP contribution in [0.1, 0.15) is 12.3 Å². The Morgan fingerprint density at radius 1 is 1.27 bits per heavy atom. The Labute approximate surface area is 92.3 Å². The van der Waals surface area contributed by atoms with Gasteiger partial charge in [-0.2, -0.15) is 4.98 Å². The lowest BCUT2D eigenvalue weighted by Crippen LogP contribution is -1.86. The van der Waals surface area contributed by atoms with Crippen molar-refractivity contribution < 1.29 is 4.52 Å². The van der Waals surface area contributed by atoms with Crippen molar-refractivity contribution in [3.05, 3.63) is 30.4 Å². The molecule has 0 bridgehead atoms. The van der Waals surface area contributed by atoms with Crippen LogP contribution >= 0.6 is 11.6 Å². The standard InChI is InChI=1S/C10H10ClN3O/c11-5-1-2-9-13-10(14-15-9)8-3-6-12-7-4-8/h3-4,6-7H,1-2,5H2. The van der Waals surface area contributed by atoms with Crippen LogP contribution in [0, 0.1) is 0 Å². The molecule has 0 saturated carbocycles. The van der Waals surface area contributed by atoms with Gasteiger partial charge in [-0.15, -0.1) is 11.6 Å². The van der Waals surface area contributed by atoms with E-state index in [1.165, 1.54) is 0 Å². The molecule has 0 radical (unpaired) electrons. The van der Waals surface area contributed by atoms with E-state index in [-0.39, 0.29) is 0 Å². The molecule has 0 spiro atoms. The van der Waals surface area contributed by atoms with E-state index in [0.717, 1.165) is 18.4 Å². The average molecular weight is 224 g/mol. The molecular weight excluding hydrogens is 214 g/mol. The SMILES string of the molecule is ClCCCc1nc(-c2ccncc2)no1. The second-order valence-corrected chi connectivity index (χ2v) is 3.42. The summed E-state index contributed by atoms with van der Waals surface area (Å²) in [6, 6.07) is 3.69. The fraction of sp³-hybridized carbons (Fsp3) is 0.300. The van der Waals surface area contributed by atoms with E-state index < -0.39 is 0 Å². The summed E-state index contributed by atoms with van der Waals surface area (Å²) >= 11 is 5.58. The van der Waals surface area contributed by atoms with Crippen LogP contribution in [-0.4, -0.2) is 21.0 Å². The molecule has 2 heterocycles. The lowest BCUT2D eigenvalue weighted by Gasteiger charge is -1.90. The van der Waals surface area contributed by atoms with Crippen LogP contribution in [0.3, 0.4) is 0 Å². The van der Waals surface area contributed by atoms with Gasteiger partial charge in [0.15, 0.2) is 0 Å². The van der Waals surface area contributed by atoms with Crippen molar-refractivity contribution in [2.45, 2.75) is 12.8 Å². The summed E-state index contributed by atoms with van der Waals surface area (Å²) in [6.07, 6.45) is 4.97. The number of hydrogen-bond donors (Lipinski definition) is 0. The Balaban J connectivity index is 2.14. The molecule has 0 N–H and O–H groups in total. The molecule has 2 aromatic rings. The first-order valence-electron chi connectivity index (χ1n) is 4.69. The van der Waals surface area contributed by atoms with E-state index in [4.69, 9.17) is 16.1 Å². The first-order valence-corrected chi connectivity index (χ1v) is 5.22. The molecule has 0 saturated heterocycles. The zero-order valence-corrected chi connectivity index (χ0v) is 8.81. The quantitative estimate of drug-likeness (QED) is 0.747. The van der Waals surface area contributed by atoms with E-state index in [1.807, 2.05) is 12.1 Å². The van der Waals surface area contributed by atoms with Crippen molar-refractivity contribution in [3.63, 3.8) is 0 Å². The van der Waals surface area contributed by atoms with Gasteiger partial charge in [0.05, 0.1) is 0 Å². The minimum Gasteiger partial charge on any atom is -0.339 e. The van der Waals surface area contributed by atoms with Crippen LogP contribution in [0.5, 0.6) is 0 Å². The molecule has 0 aliphatic heterocycles. The van der Waals surface area contributed by atoms with Gasteiger partial charge in [0.1, 0.15) is 0 Å². The summed E-state index contributed by atoms with van der Waals surface area (Å²) in [5.41, 5.74) is 0.908. The van der Waals surface area contributed by atoms with Crippen molar-refractivity contribution in [2.24, 2.45) is 0 Å². The summed E-state index contributed by atoms with van der Waals surface area (Å²) in [5.74, 6) is 1.83. The highest BCUT2D eigenvalue weighted by molar-refractivity contribution is 6.17. The van der Waals surface area contributed by atoms with E-state index in [2.05, 4.69) is 15.1 Å². The monoisotopic (exact) mass is 223 g/mol. The molecular formula is C10H10ClN3O. The average Bonchev–Trinajstić information content (AvgIpc) is 2.76. The molecule has 15 heavy (non-hydrogen) atoms.